The molecular formula is C23H19F3N8. The Balaban J connectivity index is 1.55. The molecule has 0 radical (unpaired) electrons. The van der Waals surface area contributed by atoms with Gasteiger partial charge in [0.1, 0.15) is 11.9 Å². The Morgan fingerprint density at radius 3 is 2.47 bits per heavy atom. The Bertz CT molecular complexity index is 1480. The lowest BCUT2D eigenvalue weighted by Crippen LogP contribution is -2.29. The van der Waals surface area contributed by atoms with Crippen LogP contribution in [0.3, 0.4) is 0 Å². The molecule has 2 N–H and O–H groups in total. The van der Waals surface area contributed by atoms with Gasteiger partial charge in [-0.15, -0.1) is 5.10 Å². The summed E-state index contributed by atoms with van der Waals surface area (Å²) in [6.07, 6.45) is 6.36. The van der Waals surface area contributed by atoms with E-state index in [9.17, 15) is 13.2 Å². The second-order valence-corrected chi connectivity index (χ2v) is 8.00. The number of alkyl halides is 2. The number of hydrogen-bond acceptors (Lipinski definition) is 6. The van der Waals surface area contributed by atoms with E-state index in [1.165, 1.54) is 23.0 Å². The second kappa shape index (κ2) is 7.94. The van der Waals surface area contributed by atoms with Gasteiger partial charge in [0.2, 0.25) is 5.95 Å². The zero-order valence-electron chi connectivity index (χ0n) is 18.2. The van der Waals surface area contributed by atoms with E-state index in [-0.39, 0.29) is 11.5 Å². The van der Waals surface area contributed by atoms with Crippen molar-refractivity contribution >= 4 is 11.6 Å². The third-order valence-electron chi connectivity index (χ3n) is 5.41. The Labute approximate surface area is 191 Å². The fraction of sp³-hybridized carbons (Fsp3) is 0.174. The number of fused-ring (bicyclic) bond motifs is 1. The van der Waals surface area contributed by atoms with Gasteiger partial charge in [0.15, 0.2) is 5.65 Å². The fourth-order valence-electron chi connectivity index (χ4n) is 3.88. The highest BCUT2D eigenvalue weighted by Gasteiger charge is 2.38. The molecule has 5 aromatic rings. The van der Waals surface area contributed by atoms with E-state index in [1.807, 2.05) is 0 Å². The van der Waals surface area contributed by atoms with Crippen LogP contribution >= 0.6 is 0 Å². The van der Waals surface area contributed by atoms with Crippen LogP contribution < -0.4 is 5.73 Å². The average Bonchev–Trinajstić information content (AvgIpc) is 3.35. The van der Waals surface area contributed by atoms with Gasteiger partial charge in [-0.3, -0.25) is 9.67 Å². The van der Waals surface area contributed by atoms with Crippen molar-refractivity contribution in [2.75, 3.05) is 5.73 Å². The summed E-state index contributed by atoms with van der Waals surface area (Å²) in [6, 6.07) is 7.13. The van der Waals surface area contributed by atoms with Crippen molar-refractivity contribution in [3.05, 3.63) is 78.3 Å². The highest BCUT2D eigenvalue weighted by Crippen LogP contribution is 2.36. The lowest BCUT2D eigenvalue weighted by molar-refractivity contribution is -0.0217. The molecule has 5 rings (SSSR count). The molecule has 0 amide bonds. The number of hydrogen-bond donors (Lipinski definition) is 1. The zero-order valence-corrected chi connectivity index (χ0v) is 18.2. The van der Waals surface area contributed by atoms with Gasteiger partial charge in [0.05, 0.1) is 29.5 Å². The molecule has 172 valence electrons. The van der Waals surface area contributed by atoms with E-state index in [0.717, 1.165) is 24.6 Å². The van der Waals surface area contributed by atoms with Crippen molar-refractivity contribution in [1.82, 2.24) is 34.3 Å². The first-order valence-electron chi connectivity index (χ1n) is 10.3. The molecule has 4 aromatic heterocycles. The molecular weight excluding hydrogens is 445 g/mol. The smallest absolute Gasteiger partial charge is 0.271 e. The summed E-state index contributed by atoms with van der Waals surface area (Å²) in [7, 11) is 0. The summed E-state index contributed by atoms with van der Waals surface area (Å²) in [5.74, 6) is -3.50. The standard InChI is InChI=1S/C23H19F3N8/c1-13-17(12-34(31-13)21(23(2,25)26)14-3-5-16(24)6-4-14)19-11-28-10-18(29-19)15-7-8-33-20(9-15)30-22(27)32-33/h3-12,21H,1-2H3,(H2,27,32)/t21-/m1/s1. The van der Waals surface area contributed by atoms with Gasteiger partial charge >= 0.3 is 0 Å². The predicted molar refractivity (Wildman–Crippen MR) is 120 cm³/mol. The summed E-state index contributed by atoms with van der Waals surface area (Å²) in [4.78, 5) is 13.1. The minimum absolute atomic E-state index is 0.156. The molecule has 0 saturated carbocycles. The van der Waals surface area contributed by atoms with Crippen LogP contribution in [0.25, 0.3) is 28.2 Å². The van der Waals surface area contributed by atoms with E-state index in [2.05, 4.69) is 25.1 Å². The van der Waals surface area contributed by atoms with Crippen LogP contribution in [0.5, 0.6) is 0 Å². The number of aromatic nitrogens is 7. The van der Waals surface area contributed by atoms with Crippen LogP contribution in [0, 0.1) is 12.7 Å². The normalized spacial score (nSPS) is 12.9. The largest absolute Gasteiger partial charge is 0.366 e. The van der Waals surface area contributed by atoms with Crippen molar-refractivity contribution in [3.8, 4) is 22.5 Å². The maximum Gasteiger partial charge on any atom is 0.271 e. The molecule has 0 spiro atoms. The van der Waals surface area contributed by atoms with E-state index in [4.69, 9.17) is 5.73 Å². The molecule has 4 heterocycles. The lowest BCUT2D eigenvalue weighted by Gasteiger charge is -2.24. The van der Waals surface area contributed by atoms with E-state index >= 15 is 0 Å². The fourth-order valence-corrected chi connectivity index (χ4v) is 3.88. The minimum atomic E-state index is -3.16. The van der Waals surface area contributed by atoms with Gasteiger partial charge in [0, 0.05) is 30.4 Å². The molecule has 11 heteroatoms. The first-order valence-corrected chi connectivity index (χ1v) is 10.3. The maximum absolute atomic E-state index is 14.6. The zero-order chi connectivity index (χ0) is 24.0. The molecule has 0 saturated heterocycles. The number of benzene rings is 1. The van der Waals surface area contributed by atoms with Gasteiger partial charge in [-0.1, -0.05) is 12.1 Å². The van der Waals surface area contributed by atoms with Gasteiger partial charge < -0.3 is 5.73 Å². The summed E-state index contributed by atoms with van der Waals surface area (Å²) in [6.45, 7) is 2.52. The molecule has 0 unspecified atom stereocenters. The summed E-state index contributed by atoms with van der Waals surface area (Å²) >= 11 is 0. The van der Waals surface area contributed by atoms with Gasteiger partial charge in [-0.2, -0.15) is 10.1 Å². The summed E-state index contributed by atoms with van der Waals surface area (Å²) in [5, 5.41) is 8.39. The van der Waals surface area contributed by atoms with Gasteiger partial charge in [-0.25, -0.2) is 22.7 Å². The third-order valence-corrected chi connectivity index (χ3v) is 5.41. The summed E-state index contributed by atoms with van der Waals surface area (Å²) < 4.78 is 45.3. The number of nitrogens with two attached hydrogens (primary N) is 1. The lowest BCUT2D eigenvalue weighted by atomic mass is 10.0. The van der Waals surface area contributed by atoms with E-state index in [1.54, 1.807) is 42.2 Å². The number of pyridine rings is 1. The molecule has 0 fully saturated rings. The Morgan fingerprint density at radius 1 is 1.00 bits per heavy atom. The Hall–Kier alpha value is -4.28. The first-order chi connectivity index (χ1) is 16.2. The topological polar surface area (TPSA) is 99.8 Å². The molecule has 34 heavy (non-hydrogen) atoms. The first kappa shape index (κ1) is 21.6. The van der Waals surface area contributed by atoms with Crippen LogP contribution in [0.15, 0.2) is 61.2 Å². The van der Waals surface area contributed by atoms with Crippen molar-refractivity contribution in [2.45, 2.75) is 25.8 Å². The molecule has 0 aliphatic rings. The second-order valence-electron chi connectivity index (χ2n) is 8.00. The van der Waals surface area contributed by atoms with Crippen LogP contribution in [0.1, 0.15) is 24.2 Å². The third kappa shape index (κ3) is 3.96. The minimum Gasteiger partial charge on any atom is -0.366 e. The number of nitrogens with zero attached hydrogens (tertiary/aromatic N) is 7. The summed E-state index contributed by atoms with van der Waals surface area (Å²) in [5.41, 5.74) is 9.27. The molecule has 1 atom stereocenters. The molecule has 0 bridgehead atoms. The van der Waals surface area contributed by atoms with Crippen LogP contribution in [0.2, 0.25) is 0 Å². The van der Waals surface area contributed by atoms with Crippen molar-refractivity contribution in [3.63, 3.8) is 0 Å². The number of anilines is 1. The van der Waals surface area contributed by atoms with Crippen molar-refractivity contribution < 1.29 is 13.2 Å². The van der Waals surface area contributed by atoms with Gasteiger partial charge in [-0.05, 0) is 36.8 Å². The number of aryl methyl sites for hydroxylation is 1. The number of nitrogen functional groups attached to an aromatic ring is 1. The molecule has 1 aromatic carbocycles. The molecule has 8 nitrogen and oxygen atoms in total. The van der Waals surface area contributed by atoms with Crippen LogP contribution in [0.4, 0.5) is 19.1 Å². The van der Waals surface area contributed by atoms with Crippen LogP contribution in [-0.4, -0.2) is 40.3 Å². The maximum atomic E-state index is 14.6. The predicted octanol–water partition coefficient (Wildman–Crippen LogP) is 4.32. The van der Waals surface area contributed by atoms with Crippen molar-refractivity contribution in [2.24, 2.45) is 0 Å². The SMILES string of the molecule is Cc1nn([C@H](c2ccc(F)cc2)C(C)(F)F)cc1-c1cncc(-c2ccn3nc(N)nc3c2)n1. The number of halogens is 3. The molecule has 0 aliphatic carbocycles. The quantitative estimate of drug-likeness (QED) is 0.416. The molecule has 0 aliphatic heterocycles. The average molecular weight is 464 g/mol. The van der Waals surface area contributed by atoms with E-state index < -0.39 is 17.8 Å². The van der Waals surface area contributed by atoms with Crippen molar-refractivity contribution in [1.29, 1.82) is 0 Å². The Kier molecular flexibility index (Phi) is 5.03. The monoisotopic (exact) mass is 464 g/mol. The highest BCUT2D eigenvalue weighted by atomic mass is 19.3. The Morgan fingerprint density at radius 2 is 1.74 bits per heavy atom. The number of rotatable bonds is 5. The van der Waals surface area contributed by atoms with E-state index in [0.29, 0.717) is 28.3 Å². The van der Waals surface area contributed by atoms with Gasteiger partial charge in [0.25, 0.3) is 5.92 Å². The van der Waals surface area contributed by atoms with Crippen LogP contribution in [-0.2, 0) is 0 Å². The highest BCUT2D eigenvalue weighted by molar-refractivity contribution is 5.68.